The summed E-state index contributed by atoms with van der Waals surface area (Å²) in [5, 5.41) is 0. The molecule has 2 rings (SSSR count). The minimum atomic E-state index is -4.89. The Labute approximate surface area is 140 Å². The Morgan fingerprint density at radius 3 is 2.16 bits per heavy atom. The number of ether oxygens (including phenoxy) is 1. The number of hydrogen-bond donors (Lipinski definition) is 1. The molecule has 0 saturated heterocycles. The van der Waals surface area contributed by atoms with Gasteiger partial charge in [0.1, 0.15) is 5.75 Å². The van der Waals surface area contributed by atoms with Crippen LogP contribution in [0.25, 0.3) is 0 Å². The molecule has 1 N–H and O–H groups in total. The molecule has 0 bridgehead atoms. The van der Waals surface area contributed by atoms with Crippen LogP contribution in [0.5, 0.6) is 5.75 Å². The Morgan fingerprint density at radius 2 is 1.64 bits per heavy atom. The standard InChI is InChI=1S/C15H12F5NO3S/c1-9-2-5-11(6-3-9)25(22,23)21-13-8-10(24-14(16)17)4-7-12(13)15(18,19)20/h2-8,14,21H,1H3. The van der Waals surface area contributed by atoms with Gasteiger partial charge in [0, 0.05) is 6.07 Å². The summed E-state index contributed by atoms with van der Waals surface area (Å²) in [7, 11) is -4.35. The molecule has 0 aliphatic heterocycles. The maximum absolute atomic E-state index is 13.0. The zero-order chi connectivity index (χ0) is 18.8. The number of anilines is 1. The lowest BCUT2D eigenvalue weighted by Gasteiger charge is -2.16. The predicted octanol–water partition coefficient (Wildman–Crippen LogP) is 4.42. The molecule has 0 fully saturated rings. The molecular formula is C15H12F5NO3S. The molecule has 0 unspecified atom stereocenters. The zero-order valence-electron chi connectivity index (χ0n) is 12.6. The fourth-order valence-electron chi connectivity index (χ4n) is 1.95. The van der Waals surface area contributed by atoms with Crippen LogP contribution >= 0.6 is 0 Å². The van der Waals surface area contributed by atoms with Crippen LogP contribution in [0.2, 0.25) is 0 Å². The van der Waals surface area contributed by atoms with E-state index in [0.717, 1.165) is 5.56 Å². The van der Waals surface area contributed by atoms with Crippen molar-refractivity contribution in [2.45, 2.75) is 24.6 Å². The molecule has 0 amide bonds. The molecule has 0 atom stereocenters. The summed E-state index contributed by atoms with van der Waals surface area (Å²) in [4.78, 5) is -0.272. The lowest BCUT2D eigenvalue weighted by Crippen LogP contribution is -2.17. The predicted molar refractivity (Wildman–Crippen MR) is 80.1 cm³/mol. The largest absolute Gasteiger partial charge is 0.435 e. The second kappa shape index (κ2) is 6.87. The monoisotopic (exact) mass is 381 g/mol. The van der Waals surface area contributed by atoms with Crippen LogP contribution < -0.4 is 9.46 Å². The molecule has 0 radical (unpaired) electrons. The molecule has 2 aromatic rings. The van der Waals surface area contributed by atoms with Crippen LogP contribution in [0.3, 0.4) is 0 Å². The summed E-state index contributed by atoms with van der Waals surface area (Å²) in [5.41, 5.74) is -1.49. The highest BCUT2D eigenvalue weighted by Crippen LogP contribution is 2.38. The van der Waals surface area contributed by atoms with Gasteiger partial charge in [-0.15, -0.1) is 0 Å². The van der Waals surface area contributed by atoms with Crippen LogP contribution in [0.1, 0.15) is 11.1 Å². The van der Waals surface area contributed by atoms with Crippen molar-refractivity contribution in [3.05, 3.63) is 53.6 Å². The lowest BCUT2D eigenvalue weighted by molar-refractivity contribution is -0.136. The molecule has 0 spiro atoms. The van der Waals surface area contributed by atoms with Gasteiger partial charge in [0.05, 0.1) is 16.1 Å². The summed E-state index contributed by atoms with van der Waals surface area (Å²) < 4.78 is 93.9. The Balaban J connectivity index is 2.46. The molecule has 4 nitrogen and oxygen atoms in total. The van der Waals surface area contributed by atoms with Crippen molar-refractivity contribution >= 4 is 15.7 Å². The van der Waals surface area contributed by atoms with Crippen molar-refractivity contribution in [1.29, 1.82) is 0 Å². The van der Waals surface area contributed by atoms with Crippen molar-refractivity contribution in [3.63, 3.8) is 0 Å². The van der Waals surface area contributed by atoms with Crippen molar-refractivity contribution in [2.24, 2.45) is 0 Å². The number of sulfonamides is 1. The fourth-order valence-corrected chi connectivity index (χ4v) is 3.02. The maximum atomic E-state index is 13.0. The highest BCUT2D eigenvalue weighted by molar-refractivity contribution is 7.92. The van der Waals surface area contributed by atoms with Gasteiger partial charge in [-0.05, 0) is 31.2 Å². The molecule has 136 valence electrons. The Hall–Kier alpha value is -2.36. The minimum absolute atomic E-state index is 0.272. The van der Waals surface area contributed by atoms with Gasteiger partial charge >= 0.3 is 12.8 Å². The summed E-state index contributed by atoms with van der Waals surface area (Å²) in [6.07, 6.45) is -4.89. The van der Waals surface area contributed by atoms with Gasteiger partial charge in [-0.2, -0.15) is 22.0 Å². The molecule has 25 heavy (non-hydrogen) atoms. The molecule has 0 heterocycles. The van der Waals surface area contributed by atoms with Gasteiger partial charge < -0.3 is 4.74 Å². The van der Waals surface area contributed by atoms with E-state index in [1.165, 1.54) is 24.3 Å². The third-order valence-corrected chi connectivity index (χ3v) is 4.48. The van der Waals surface area contributed by atoms with E-state index in [1.807, 2.05) is 0 Å². The lowest BCUT2D eigenvalue weighted by atomic mass is 10.1. The normalized spacial score (nSPS) is 12.3. The highest BCUT2D eigenvalue weighted by atomic mass is 32.2. The van der Waals surface area contributed by atoms with Gasteiger partial charge in [0.25, 0.3) is 10.0 Å². The van der Waals surface area contributed by atoms with Crippen LogP contribution in [0.15, 0.2) is 47.4 Å². The van der Waals surface area contributed by atoms with E-state index in [4.69, 9.17) is 0 Å². The van der Waals surface area contributed by atoms with Crippen molar-refractivity contribution in [3.8, 4) is 5.75 Å². The second-order valence-corrected chi connectivity index (χ2v) is 6.68. The SMILES string of the molecule is Cc1ccc(S(=O)(=O)Nc2cc(OC(F)F)ccc2C(F)(F)F)cc1. The number of benzene rings is 2. The van der Waals surface area contributed by atoms with Gasteiger partial charge in [0.2, 0.25) is 0 Å². The quantitative estimate of drug-likeness (QED) is 0.781. The number of alkyl halides is 5. The number of hydrogen-bond acceptors (Lipinski definition) is 3. The van der Waals surface area contributed by atoms with Gasteiger partial charge in [0.15, 0.2) is 0 Å². The first-order valence-corrected chi connectivity index (χ1v) is 8.23. The van der Waals surface area contributed by atoms with Crippen molar-refractivity contribution in [1.82, 2.24) is 0 Å². The summed E-state index contributed by atoms with van der Waals surface area (Å²) in [5.74, 6) is -0.607. The van der Waals surface area contributed by atoms with E-state index in [1.54, 1.807) is 11.6 Å². The number of halogens is 5. The average Bonchev–Trinajstić information content (AvgIpc) is 2.45. The second-order valence-electron chi connectivity index (χ2n) is 5.00. The minimum Gasteiger partial charge on any atom is -0.435 e. The Morgan fingerprint density at radius 1 is 1.04 bits per heavy atom. The number of nitrogens with one attached hydrogen (secondary N) is 1. The summed E-state index contributed by atoms with van der Waals surface area (Å²) >= 11 is 0. The van der Waals surface area contributed by atoms with Gasteiger partial charge in [-0.1, -0.05) is 17.7 Å². The first-order valence-electron chi connectivity index (χ1n) is 6.74. The molecule has 0 aliphatic rings. The Bertz CT molecular complexity index is 848. The number of rotatable bonds is 5. The molecule has 10 heteroatoms. The van der Waals surface area contributed by atoms with Gasteiger partial charge in [-0.25, -0.2) is 8.42 Å². The van der Waals surface area contributed by atoms with E-state index in [0.29, 0.717) is 18.2 Å². The molecule has 2 aromatic carbocycles. The van der Waals surface area contributed by atoms with Crippen molar-refractivity contribution in [2.75, 3.05) is 4.72 Å². The number of aryl methyl sites for hydroxylation is 1. The summed E-state index contributed by atoms with van der Waals surface area (Å²) in [6, 6.07) is 7.06. The summed E-state index contributed by atoms with van der Waals surface area (Å²) in [6.45, 7) is -1.56. The molecular weight excluding hydrogens is 369 g/mol. The third-order valence-electron chi connectivity index (χ3n) is 3.10. The van der Waals surface area contributed by atoms with Crippen LogP contribution in [-0.2, 0) is 16.2 Å². The van der Waals surface area contributed by atoms with E-state index in [9.17, 15) is 30.4 Å². The van der Waals surface area contributed by atoms with E-state index in [-0.39, 0.29) is 4.90 Å². The molecule has 0 saturated carbocycles. The average molecular weight is 381 g/mol. The fraction of sp³-hybridized carbons (Fsp3) is 0.200. The first kappa shape index (κ1) is 19.0. The first-order chi connectivity index (χ1) is 11.5. The molecule has 0 aliphatic carbocycles. The van der Waals surface area contributed by atoms with Crippen LogP contribution in [0, 0.1) is 6.92 Å². The topological polar surface area (TPSA) is 55.4 Å². The smallest absolute Gasteiger partial charge is 0.418 e. The zero-order valence-corrected chi connectivity index (χ0v) is 13.5. The molecule has 0 aromatic heterocycles. The van der Waals surface area contributed by atoms with Crippen LogP contribution in [0.4, 0.5) is 27.6 Å². The van der Waals surface area contributed by atoms with Crippen LogP contribution in [-0.4, -0.2) is 15.0 Å². The third kappa shape index (κ3) is 4.81. The van der Waals surface area contributed by atoms with E-state index < -0.39 is 39.8 Å². The highest BCUT2D eigenvalue weighted by Gasteiger charge is 2.35. The van der Waals surface area contributed by atoms with E-state index >= 15 is 0 Å². The van der Waals surface area contributed by atoms with Crippen molar-refractivity contribution < 1.29 is 35.1 Å². The van der Waals surface area contributed by atoms with E-state index in [2.05, 4.69) is 4.74 Å². The van der Waals surface area contributed by atoms with Gasteiger partial charge in [-0.3, -0.25) is 4.72 Å². The Kier molecular flexibility index (Phi) is 5.21. The maximum Gasteiger partial charge on any atom is 0.418 e.